The molecule has 1 aliphatic rings. The molecule has 4 heteroatoms. The van der Waals surface area contributed by atoms with Gasteiger partial charge in [-0.25, -0.2) is 0 Å². The summed E-state index contributed by atoms with van der Waals surface area (Å²) in [6, 6.07) is 4.01. The van der Waals surface area contributed by atoms with Crippen molar-refractivity contribution in [1.29, 1.82) is 0 Å². The monoisotopic (exact) mass is 248 g/mol. The summed E-state index contributed by atoms with van der Waals surface area (Å²) in [5.41, 5.74) is 0.953. The Hall–Kier alpha value is -1.42. The van der Waals surface area contributed by atoms with Crippen LogP contribution in [0.1, 0.15) is 24.8 Å². The maximum absolute atomic E-state index is 11.7. The van der Waals surface area contributed by atoms with Crippen molar-refractivity contribution < 1.29 is 9.53 Å². The average Bonchev–Trinajstić information content (AvgIpc) is 2.37. The van der Waals surface area contributed by atoms with Gasteiger partial charge in [-0.2, -0.15) is 0 Å². The summed E-state index contributed by atoms with van der Waals surface area (Å²) < 4.78 is 4.88. The molecule has 0 saturated heterocycles. The number of rotatable bonds is 6. The van der Waals surface area contributed by atoms with Crippen LogP contribution < -0.4 is 5.32 Å². The van der Waals surface area contributed by atoms with Crippen molar-refractivity contribution in [3.63, 3.8) is 0 Å². The molecule has 0 radical (unpaired) electrons. The maximum atomic E-state index is 11.7. The van der Waals surface area contributed by atoms with Gasteiger partial charge in [0, 0.05) is 18.9 Å². The number of hydrogen-bond acceptors (Lipinski definition) is 4. The Labute approximate surface area is 108 Å². The minimum atomic E-state index is -0.260. The van der Waals surface area contributed by atoms with Gasteiger partial charge in [-0.15, -0.1) is 0 Å². The SMILES string of the molecule is COC(=O)C1(CNCCc2cccnc2)CCC1. The summed E-state index contributed by atoms with van der Waals surface area (Å²) in [7, 11) is 1.47. The number of nitrogens with one attached hydrogen (secondary N) is 1. The van der Waals surface area contributed by atoms with Crippen molar-refractivity contribution in [1.82, 2.24) is 10.3 Å². The van der Waals surface area contributed by atoms with E-state index in [0.29, 0.717) is 0 Å². The first kappa shape index (κ1) is 13.0. The smallest absolute Gasteiger partial charge is 0.313 e. The molecule has 1 aromatic heterocycles. The van der Waals surface area contributed by atoms with Crippen LogP contribution in [-0.2, 0) is 16.0 Å². The second-order valence-corrected chi connectivity index (χ2v) is 4.91. The highest BCUT2D eigenvalue weighted by molar-refractivity contribution is 5.78. The lowest BCUT2D eigenvalue weighted by Crippen LogP contribution is -2.47. The van der Waals surface area contributed by atoms with Crippen LogP contribution in [0.5, 0.6) is 0 Å². The fourth-order valence-corrected chi connectivity index (χ4v) is 2.38. The molecule has 0 unspecified atom stereocenters. The van der Waals surface area contributed by atoms with Crippen LogP contribution in [0.15, 0.2) is 24.5 Å². The number of carbonyl (C=O) groups excluding carboxylic acids is 1. The third-order valence-corrected chi connectivity index (χ3v) is 3.71. The highest BCUT2D eigenvalue weighted by Crippen LogP contribution is 2.41. The molecule has 1 N–H and O–H groups in total. The Morgan fingerprint density at radius 3 is 2.94 bits per heavy atom. The van der Waals surface area contributed by atoms with E-state index in [1.807, 2.05) is 12.3 Å². The molecule has 0 aliphatic heterocycles. The molecule has 0 aromatic carbocycles. The molecule has 0 spiro atoms. The molecule has 0 bridgehead atoms. The van der Waals surface area contributed by atoms with Crippen LogP contribution in [0.4, 0.5) is 0 Å². The lowest BCUT2D eigenvalue weighted by Gasteiger charge is -2.39. The molecule has 1 aromatic rings. The number of esters is 1. The van der Waals surface area contributed by atoms with Gasteiger partial charge in [-0.05, 0) is 37.4 Å². The number of hydrogen-bond donors (Lipinski definition) is 1. The zero-order chi connectivity index (χ0) is 12.8. The number of ether oxygens (including phenoxy) is 1. The minimum absolute atomic E-state index is 0.0670. The number of methoxy groups -OCH3 is 1. The zero-order valence-corrected chi connectivity index (χ0v) is 10.8. The Balaban J connectivity index is 1.73. The van der Waals surface area contributed by atoms with Crippen LogP contribution in [0.3, 0.4) is 0 Å². The lowest BCUT2D eigenvalue weighted by atomic mass is 9.68. The molecule has 0 atom stereocenters. The Kier molecular flexibility index (Phi) is 4.31. The molecular formula is C14H20N2O2. The van der Waals surface area contributed by atoms with Gasteiger partial charge < -0.3 is 10.1 Å². The van der Waals surface area contributed by atoms with Gasteiger partial charge >= 0.3 is 5.97 Å². The number of carbonyl (C=O) groups is 1. The topological polar surface area (TPSA) is 51.2 Å². The van der Waals surface area contributed by atoms with Gasteiger partial charge in [0.25, 0.3) is 0 Å². The summed E-state index contributed by atoms with van der Waals surface area (Å²) in [6.07, 6.45) is 7.60. The van der Waals surface area contributed by atoms with E-state index in [-0.39, 0.29) is 11.4 Å². The fourth-order valence-electron chi connectivity index (χ4n) is 2.38. The van der Waals surface area contributed by atoms with Crippen molar-refractivity contribution in [3.8, 4) is 0 Å². The van der Waals surface area contributed by atoms with Gasteiger partial charge in [0.1, 0.15) is 0 Å². The maximum Gasteiger partial charge on any atom is 0.313 e. The Morgan fingerprint density at radius 1 is 1.56 bits per heavy atom. The molecule has 0 amide bonds. The van der Waals surface area contributed by atoms with Crippen molar-refractivity contribution in [2.45, 2.75) is 25.7 Å². The Bertz CT molecular complexity index is 388. The van der Waals surface area contributed by atoms with E-state index >= 15 is 0 Å². The number of aromatic nitrogens is 1. The van der Waals surface area contributed by atoms with E-state index in [1.165, 1.54) is 12.7 Å². The van der Waals surface area contributed by atoms with Gasteiger partial charge in [-0.1, -0.05) is 12.5 Å². The van der Waals surface area contributed by atoms with Crippen LogP contribution in [0, 0.1) is 5.41 Å². The minimum Gasteiger partial charge on any atom is -0.469 e. The van der Waals surface area contributed by atoms with E-state index in [4.69, 9.17) is 4.74 Å². The normalized spacial score (nSPS) is 16.9. The summed E-state index contributed by atoms with van der Waals surface area (Å²) in [5.74, 6) is -0.0670. The van der Waals surface area contributed by atoms with E-state index in [2.05, 4.69) is 16.4 Å². The van der Waals surface area contributed by atoms with Crippen LogP contribution in [-0.4, -0.2) is 31.2 Å². The van der Waals surface area contributed by atoms with Crippen molar-refractivity contribution in [3.05, 3.63) is 30.1 Å². The molecular weight excluding hydrogens is 228 g/mol. The van der Waals surface area contributed by atoms with Crippen molar-refractivity contribution in [2.24, 2.45) is 5.41 Å². The van der Waals surface area contributed by atoms with Crippen LogP contribution in [0.25, 0.3) is 0 Å². The van der Waals surface area contributed by atoms with Crippen molar-refractivity contribution in [2.75, 3.05) is 20.2 Å². The predicted octanol–water partition coefficient (Wildman–Crippen LogP) is 1.56. The molecule has 1 heterocycles. The quantitative estimate of drug-likeness (QED) is 0.613. The van der Waals surface area contributed by atoms with Gasteiger partial charge in [-0.3, -0.25) is 9.78 Å². The summed E-state index contributed by atoms with van der Waals surface area (Å²) in [4.78, 5) is 15.8. The highest BCUT2D eigenvalue weighted by Gasteiger charge is 2.44. The highest BCUT2D eigenvalue weighted by atomic mass is 16.5. The summed E-state index contributed by atoms with van der Waals surface area (Å²) in [5, 5.41) is 3.36. The largest absolute Gasteiger partial charge is 0.469 e. The third kappa shape index (κ3) is 2.88. The van der Waals surface area contributed by atoms with Crippen LogP contribution >= 0.6 is 0 Å². The van der Waals surface area contributed by atoms with E-state index in [1.54, 1.807) is 6.20 Å². The van der Waals surface area contributed by atoms with E-state index < -0.39 is 0 Å². The molecule has 1 saturated carbocycles. The first-order chi connectivity index (χ1) is 8.77. The van der Waals surface area contributed by atoms with Gasteiger partial charge in [0.2, 0.25) is 0 Å². The molecule has 18 heavy (non-hydrogen) atoms. The Morgan fingerprint density at radius 2 is 2.39 bits per heavy atom. The number of pyridine rings is 1. The van der Waals surface area contributed by atoms with Gasteiger partial charge in [0.05, 0.1) is 12.5 Å². The second-order valence-electron chi connectivity index (χ2n) is 4.91. The molecule has 2 rings (SSSR count). The summed E-state index contributed by atoms with van der Waals surface area (Å²) >= 11 is 0. The number of nitrogens with zero attached hydrogens (tertiary/aromatic N) is 1. The molecule has 1 fully saturated rings. The molecule has 98 valence electrons. The first-order valence-corrected chi connectivity index (χ1v) is 6.45. The standard InChI is InChI=1S/C14H20N2O2/c1-18-13(17)14(6-3-7-14)11-16-9-5-12-4-2-8-15-10-12/h2,4,8,10,16H,3,5-7,9,11H2,1H3. The van der Waals surface area contributed by atoms with Crippen LogP contribution in [0.2, 0.25) is 0 Å². The van der Waals surface area contributed by atoms with Crippen molar-refractivity contribution >= 4 is 5.97 Å². The fraction of sp³-hybridized carbons (Fsp3) is 0.571. The lowest BCUT2D eigenvalue weighted by molar-refractivity contribution is -0.158. The zero-order valence-electron chi connectivity index (χ0n) is 10.8. The predicted molar refractivity (Wildman–Crippen MR) is 69.1 cm³/mol. The summed E-state index contributed by atoms with van der Waals surface area (Å²) in [6.45, 7) is 1.59. The van der Waals surface area contributed by atoms with E-state index in [0.717, 1.165) is 38.8 Å². The average molecular weight is 248 g/mol. The van der Waals surface area contributed by atoms with Gasteiger partial charge in [0.15, 0.2) is 0 Å². The first-order valence-electron chi connectivity index (χ1n) is 6.45. The van der Waals surface area contributed by atoms with E-state index in [9.17, 15) is 4.79 Å². The molecule has 4 nitrogen and oxygen atoms in total. The second kappa shape index (κ2) is 5.96. The third-order valence-electron chi connectivity index (χ3n) is 3.71. The molecule has 1 aliphatic carbocycles.